The van der Waals surface area contributed by atoms with E-state index in [4.69, 9.17) is 10.5 Å². The summed E-state index contributed by atoms with van der Waals surface area (Å²) in [6.07, 6.45) is 4.28. The van der Waals surface area contributed by atoms with Crippen LogP contribution in [0.5, 0.6) is 0 Å². The lowest BCUT2D eigenvalue weighted by atomic mass is 10.2. The second-order valence-electron chi connectivity index (χ2n) is 5.05. The second kappa shape index (κ2) is 7.71. The van der Waals surface area contributed by atoms with E-state index in [1.54, 1.807) is 5.38 Å². The Morgan fingerprint density at radius 2 is 2.40 bits per heavy atom. The van der Waals surface area contributed by atoms with Crippen LogP contribution < -0.4 is 5.73 Å². The fourth-order valence-electron chi connectivity index (χ4n) is 2.38. The van der Waals surface area contributed by atoms with E-state index in [1.807, 2.05) is 4.90 Å². The number of nitrogens with two attached hydrogens (primary N) is 1. The number of hydrogen-bond acceptors (Lipinski definition) is 5. The topological polar surface area (TPSA) is 68.5 Å². The number of carbonyl (C=O) groups is 1. The summed E-state index contributed by atoms with van der Waals surface area (Å²) in [7, 11) is 0. The van der Waals surface area contributed by atoms with E-state index in [1.165, 1.54) is 11.3 Å². The third-order valence-electron chi connectivity index (χ3n) is 3.47. The van der Waals surface area contributed by atoms with Crippen molar-refractivity contribution in [2.75, 3.05) is 19.7 Å². The molecule has 0 aliphatic carbocycles. The van der Waals surface area contributed by atoms with E-state index in [-0.39, 0.29) is 5.91 Å². The van der Waals surface area contributed by atoms with Crippen LogP contribution in [0, 0.1) is 0 Å². The van der Waals surface area contributed by atoms with Crippen molar-refractivity contribution in [1.29, 1.82) is 0 Å². The lowest BCUT2D eigenvalue weighted by Gasteiger charge is -2.19. The quantitative estimate of drug-likeness (QED) is 0.903. The summed E-state index contributed by atoms with van der Waals surface area (Å²) >= 11 is 1.45. The maximum Gasteiger partial charge on any atom is 0.273 e. The van der Waals surface area contributed by atoms with Crippen molar-refractivity contribution in [1.82, 2.24) is 9.88 Å². The average Bonchev–Trinajstić information content (AvgIpc) is 2.83. The van der Waals surface area contributed by atoms with E-state index >= 15 is 0 Å². The Balaban J connectivity index is 1.90. The number of ether oxygens (including phenoxy) is 1. The Hall–Kier alpha value is -0.980. The van der Waals surface area contributed by atoms with Crippen LogP contribution >= 0.6 is 11.3 Å². The van der Waals surface area contributed by atoms with E-state index in [9.17, 15) is 4.79 Å². The van der Waals surface area contributed by atoms with Crippen LogP contribution in [0.3, 0.4) is 0 Å². The van der Waals surface area contributed by atoms with Gasteiger partial charge in [0.1, 0.15) is 10.7 Å². The van der Waals surface area contributed by atoms with Gasteiger partial charge in [-0.3, -0.25) is 4.79 Å². The number of amides is 1. The zero-order chi connectivity index (χ0) is 14.4. The molecule has 1 aliphatic rings. The van der Waals surface area contributed by atoms with Crippen molar-refractivity contribution in [2.24, 2.45) is 5.73 Å². The Labute approximate surface area is 124 Å². The third kappa shape index (κ3) is 4.01. The van der Waals surface area contributed by atoms with Crippen LogP contribution in [0.1, 0.15) is 48.1 Å². The monoisotopic (exact) mass is 297 g/mol. The number of carbonyl (C=O) groups excluding carboxylic acids is 1. The highest BCUT2D eigenvalue weighted by atomic mass is 32.1. The third-order valence-corrected chi connectivity index (χ3v) is 4.34. The molecule has 1 saturated heterocycles. The van der Waals surface area contributed by atoms with Crippen LogP contribution in [0.2, 0.25) is 0 Å². The van der Waals surface area contributed by atoms with Gasteiger partial charge in [-0.1, -0.05) is 6.92 Å². The molecule has 0 spiro atoms. The van der Waals surface area contributed by atoms with E-state index in [2.05, 4.69) is 11.9 Å². The van der Waals surface area contributed by atoms with Crippen LogP contribution in [0.4, 0.5) is 0 Å². The standard InChI is InChI=1S/C14H23N3O2S/c1-2-8-19-11-4-3-6-17(7-5-11)14(18)12-10-20-13(9-15)16-12/h10-11H,2-9,15H2,1H3. The van der Waals surface area contributed by atoms with Gasteiger partial charge in [-0.15, -0.1) is 11.3 Å². The van der Waals surface area contributed by atoms with Crippen LogP contribution in [0.25, 0.3) is 0 Å². The minimum atomic E-state index is 0.0251. The fraction of sp³-hybridized carbons (Fsp3) is 0.714. The number of nitrogens with zero attached hydrogens (tertiary/aromatic N) is 2. The summed E-state index contributed by atoms with van der Waals surface area (Å²) in [5.41, 5.74) is 6.07. The van der Waals surface area contributed by atoms with Crippen molar-refractivity contribution in [3.8, 4) is 0 Å². The number of likely N-dealkylation sites (tertiary alicyclic amines) is 1. The fourth-order valence-corrected chi connectivity index (χ4v) is 3.03. The predicted octanol–water partition coefficient (Wildman–Crippen LogP) is 2.02. The number of rotatable bonds is 5. The van der Waals surface area contributed by atoms with Gasteiger partial charge in [0.25, 0.3) is 5.91 Å². The molecule has 2 rings (SSSR count). The molecule has 112 valence electrons. The largest absolute Gasteiger partial charge is 0.378 e. The van der Waals surface area contributed by atoms with Crippen molar-refractivity contribution in [3.05, 3.63) is 16.1 Å². The molecule has 20 heavy (non-hydrogen) atoms. The Morgan fingerprint density at radius 1 is 1.55 bits per heavy atom. The highest BCUT2D eigenvalue weighted by molar-refractivity contribution is 7.09. The highest BCUT2D eigenvalue weighted by Crippen LogP contribution is 2.17. The van der Waals surface area contributed by atoms with E-state index in [0.717, 1.165) is 50.4 Å². The molecule has 2 N–H and O–H groups in total. The van der Waals surface area contributed by atoms with Gasteiger partial charge in [0.2, 0.25) is 0 Å². The molecule has 1 fully saturated rings. The minimum Gasteiger partial charge on any atom is -0.378 e. The van der Waals surface area contributed by atoms with Crippen molar-refractivity contribution in [3.63, 3.8) is 0 Å². The molecule has 1 atom stereocenters. The lowest BCUT2D eigenvalue weighted by Crippen LogP contribution is -2.32. The summed E-state index contributed by atoms with van der Waals surface area (Å²) in [5.74, 6) is 0.0251. The first-order valence-electron chi connectivity index (χ1n) is 7.30. The van der Waals surface area contributed by atoms with Crippen LogP contribution in [-0.4, -0.2) is 41.6 Å². The SMILES string of the molecule is CCCOC1CCCN(C(=O)c2csc(CN)n2)CC1. The maximum atomic E-state index is 12.4. The normalized spacial score (nSPS) is 19.9. The number of hydrogen-bond donors (Lipinski definition) is 1. The summed E-state index contributed by atoms with van der Waals surface area (Å²) in [4.78, 5) is 18.6. The molecule has 0 bridgehead atoms. The zero-order valence-corrected chi connectivity index (χ0v) is 12.8. The summed E-state index contributed by atoms with van der Waals surface area (Å²) < 4.78 is 5.80. The smallest absolute Gasteiger partial charge is 0.273 e. The Bertz CT molecular complexity index is 436. The molecule has 0 radical (unpaired) electrons. The van der Waals surface area contributed by atoms with Crippen LogP contribution in [-0.2, 0) is 11.3 Å². The molecule has 1 amide bonds. The molecule has 1 aromatic rings. The van der Waals surface area contributed by atoms with E-state index in [0.29, 0.717) is 18.3 Å². The molecule has 1 unspecified atom stereocenters. The van der Waals surface area contributed by atoms with Crippen molar-refractivity contribution >= 4 is 17.2 Å². The van der Waals surface area contributed by atoms with Crippen molar-refractivity contribution in [2.45, 2.75) is 45.3 Å². The van der Waals surface area contributed by atoms with Gasteiger partial charge >= 0.3 is 0 Å². The highest BCUT2D eigenvalue weighted by Gasteiger charge is 2.23. The predicted molar refractivity (Wildman–Crippen MR) is 79.8 cm³/mol. The summed E-state index contributed by atoms with van der Waals surface area (Å²) in [6, 6.07) is 0. The van der Waals surface area contributed by atoms with Gasteiger partial charge < -0.3 is 15.4 Å². The number of aromatic nitrogens is 1. The van der Waals surface area contributed by atoms with Gasteiger partial charge in [0, 0.05) is 31.6 Å². The maximum absolute atomic E-state index is 12.4. The zero-order valence-electron chi connectivity index (χ0n) is 12.0. The molecule has 5 nitrogen and oxygen atoms in total. The first-order chi connectivity index (χ1) is 9.74. The molecule has 0 aromatic carbocycles. The molecule has 1 aliphatic heterocycles. The van der Waals surface area contributed by atoms with E-state index < -0.39 is 0 Å². The molecular formula is C14H23N3O2S. The van der Waals surface area contributed by atoms with Gasteiger partial charge in [0.15, 0.2) is 0 Å². The molecule has 6 heteroatoms. The van der Waals surface area contributed by atoms with Crippen LogP contribution in [0.15, 0.2) is 5.38 Å². The van der Waals surface area contributed by atoms with Gasteiger partial charge in [-0.2, -0.15) is 0 Å². The Kier molecular flexibility index (Phi) is 5.94. The second-order valence-corrected chi connectivity index (χ2v) is 5.99. The van der Waals surface area contributed by atoms with Gasteiger partial charge in [-0.25, -0.2) is 4.98 Å². The first kappa shape index (κ1) is 15.4. The number of thiazole rings is 1. The molecular weight excluding hydrogens is 274 g/mol. The summed E-state index contributed by atoms with van der Waals surface area (Å²) in [6.45, 7) is 4.86. The van der Waals surface area contributed by atoms with Gasteiger partial charge in [0.05, 0.1) is 6.10 Å². The lowest BCUT2D eigenvalue weighted by molar-refractivity contribution is 0.0432. The Morgan fingerprint density at radius 3 is 3.10 bits per heavy atom. The van der Waals surface area contributed by atoms with Gasteiger partial charge in [-0.05, 0) is 25.7 Å². The molecule has 0 saturated carbocycles. The van der Waals surface area contributed by atoms with Crippen molar-refractivity contribution < 1.29 is 9.53 Å². The minimum absolute atomic E-state index is 0.0251. The molecule has 2 heterocycles. The first-order valence-corrected chi connectivity index (χ1v) is 8.18. The summed E-state index contributed by atoms with van der Waals surface area (Å²) in [5, 5.41) is 2.62. The molecule has 1 aromatic heterocycles. The average molecular weight is 297 g/mol.